The molecule has 0 aliphatic carbocycles. The number of para-hydroxylation sites is 2. The van der Waals surface area contributed by atoms with Crippen LogP contribution < -0.4 is 9.80 Å². The second-order valence-electron chi connectivity index (χ2n) is 16.1. The highest BCUT2D eigenvalue weighted by Gasteiger charge is 2.21. The Bertz CT molecular complexity index is 3350. The van der Waals surface area contributed by atoms with Gasteiger partial charge in [-0.05, 0) is 116 Å². The third-order valence-electron chi connectivity index (χ3n) is 12.2. The van der Waals surface area contributed by atoms with Crippen LogP contribution in [0.2, 0.25) is 0 Å². The molecule has 0 N–H and O–H groups in total. The van der Waals surface area contributed by atoms with Gasteiger partial charge in [0, 0.05) is 33.9 Å². The third kappa shape index (κ3) is 7.38. The minimum absolute atomic E-state index is 1.10. The number of hydrogen-bond donors (Lipinski definition) is 0. The number of rotatable bonds is 10. The van der Waals surface area contributed by atoms with Gasteiger partial charge < -0.3 is 9.80 Å². The van der Waals surface area contributed by atoms with Crippen LogP contribution in [-0.4, -0.2) is 0 Å². The summed E-state index contributed by atoms with van der Waals surface area (Å²) in [6, 6.07) is 96.2. The molecule has 2 nitrogen and oxygen atoms in total. The molecule has 0 saturated carbocycles. The highest BCUT2D eigenvalue weighted by molar-refractivity contribution is 6.07. The van der Waals surface area contributed by atoms with E-state index in [0.29, 0.717) is 0 Å². The summed E-state index contributed by atoms with van der Waals surface area (Å²) in [6.45, 7) is 0. The zero-order chi connectivity index (χ0) is 42.7. The van der Waals surface area contributed by atoms with Crippen molar-refractivity contribution in [3.8, 4) is 44.5 Å². The summed E-state index contributed by atoms with van der Waals surface area (Å²) in [5, 5.41) is 4.90. The largest absolute Gasteiger partial charge is 0.310 e. The summed E-state index contributed by atoms with van der Waals surface area (Å²) in [4.78, 5) is 4.78. The van der Waals surface area contributed by atoms with E-state index in [9.17, 15) is 0 Å². The fourth-order valence-electron chi connectivity index (χ4n) is 9.20. The van der Waals surface area contributed by atoms with Crippen molar-refractivity contribution in [2.24, 2.45) is 0 Å². The van der Waals surface area contributed by atoms with E-state index < -0.39 is 0 Å². The highest BCUT2D eigenvalue weighted by atomic mass is 15.1. The van der Waals surface area contributed by atoms with Crippen molar-refractivity contribution in [1.82, 2.24) is 0 Å². The summed E-state index contributed by atoms with van der Waals surface area (Å²) < 4.78 is 0. The first-order chi connectivity index (χ1) is 31.8. The quantitative estimate of drug-likeness (QED) is 0.136. The van der Waals surface area contributed by atoms with E-state index in [1.807, 2.05) is 0 Å². The molecule has 11 aromatic carbocycles. The Kier molecular flexibility index (Phi) is 10.3. The van der Waals surface area contributed by atoms with Crippen LogP contribution >= 0.6 is 0 Å². The summed E-state index contributed by atoms with van der Waals surface area (Å²) >= 11 is 0. The Morgan fingerprint density at radius 2 is 0.547 bits per heavy atom. The van der Waals surface area contributed by atoms with Crippen molar-refractivity contribution in [3.63, 3.8) is 0 Å². The van der Waals surface area contributed by atoms with Gasteiger partial charge in [0.05, 0.1) is 11.4 Å². The van der Waals surface area contributed by atoms with E-state index in [1.54, 1.807) is 0 Å². The van der Waals surface area contributed by atoms with Crippen LogP contribution in [0.5, 0.6) is 0 Å². The maximum atomic E-state index is 2.40. The number of benzene rings is 11. The summed E-state index contributed by atoms with van der Waals surface area (Å²) in [6.07, 6.45) is 0. The predicted octanol–water partition coefficient (Wildman–Crippen LogP) is 17.6. The van der Waals surface area contributed by atoms with Gasteiger partial charge in [-0.15, -0.1) is 0 Å². The first-order valence-corrected chi connectivity index (χ1v) is 21.9. The molecule has 0 aliphatic heterocycles. The lowest BCUT2D eigenvalue weighted by Gasteiger charge is -2.29. The monoisotopic (exact) mass is 816 g/mol. The molecule has 0 amide bonds. The molecule has 0 bridgehead atoms. The summed E-state index contributed by atoms with van der Waals surface area (Å²) in [5.74, 6) is 0. The Morgan fingerprint density at radius 1 is 0.203 bits per heavy atom. The molecule has 64 heavy (non-hydrogen) atoms. The SMILES string of the molecule is c1ccc(-c2c(N(c3ccccc3)c3ccc(-c4ccc(-c5cccc(N(c6ccccc6)c6ccc7ccccc7c6-c6ccccc6)c5)cc4)cc3)ccc3ccccc23)cc1. The van der Waals surface area contributed by atoms with Crippen molar-refractivity contribution in [1.29, 1.82) is 0 Å². The molecular formula is C62H44N2. The fraction of sp³-hybridized carbons (Fsp3) is 0. The van der Waals surface area contributed by atoms with Crippen LogP contribution in [0, 0.1) is 0 Å². The number of nitrogens with zero attached hydrogens (tertiary/aromatic N) is 2. The number of anilines is 6. The second-order valence-corrected chi connectivity index (χ2v) is 16.1. The van der Waals surface area contributed by atoms with Gasteiger partial charge in [-0.3, -0.25) is 0 Å². The molecule has 0 spiro atoms. The Balaban J connectivity index is 0.945. The molecule has 302 valence electrons. The van der Waals surface area contributed by atoms with Gasteiger partial charge in [0.2, 0.25) is 0 Å². The molecule has 0 unspecified atom stereocenters. The van der Waals surface area contributed by atoms with Crippen LogP contribution in [-0.2, 0) is 0 Å². The van der Waals surface area contributed by atoms with E-state index in [0.717, 1.165) is 45.3 Å². The minimum atomic E-state index is 1.10. The maximum absolute atomic E-state index is 2.40. The summed E-state index contributed by atoms with van der Waals surface area (Å²) in [5.41, 5.74) is 16.1. The third-order valence-corrected chi connectivity index (χ3v) is 12.2. The van der Waals surface area contributed by atoms with E-state index in [4.69, 9.17) is 0 Å². The fourth-order valence-corrected chi connectivity index (χ4v) is 9.20. The highest BCUT2D eigenvalue weighted by Crippen LogP contribution is 2.46. The van der Waals surface area contributed by atoms with Gasteiger partial charge in [-0.25, -0.2) is 0 Å². The lowest BCUT2D eigenvalue weighted by molar-refractivity contribution is 1.29. The lowest BCUT2D eigenvalue weighted by atomic mass is 9.94. The normalized spacial score (nSPS) is 11.1. The molecule has 0 radical (unpaired) electrons. The molecule has 0 saturated heterocycles. The number of fused-ring (bicyclic) bond motifs is 2. The average molecular weight is 817 g/mol. The molecule has 11 aromatic rings. The second kappa shape index (κ2) is 17.1. The summed E-state index contributed by atoms with van der Waals surface area (Å²) in [7, 11) is 0. The Hall–Kier alpha value is -8.46. The van der Waals surface area contributed by atoms with Crippen molar-refractivity contribution >= 4 is 55.7 Å². The zero-order valence-electron chi connectivity index (χ0n) is 35.3. The van der Waals surface area contributed by atoms with Gasteiger partial charge in [0.25, 0.3) is 0 Å². The smallest absolute Gasteiger partial charge is 0.0546 e. The van der Waals surface area contributed by atoms with Crippen LogP contribution in [0.25, 0.3) is 66.1 Å². The first kappa shape index (κ1) is 38.5. The minimum Gasteiger partial charge on any atom is -0.310 e. The standard InChI is InChI=1S/C62H44N2/c1-5-20-50(21-6-1)61-57-30-15-13-18-48(57)38-42-59(61)63(53-25-9-3-10-26-53)55-40-36-46(37-41-55)45-32-34-47(35-33-45)52-24-17-29-56(44-52)64(54-27-11-4-12-28-54)60-43-39-49-19-14-16-31-58(49)62(60)51-22-7-2-8-23-51/h1-44H. The van der Waals surface area contributed by atoms with E-state index >= 15 is 0 Å². The van der Waals surface area contributed by atoms with Gasteiger partial charge in [0.1, 0.15) is 0 Å². The van der Waals surface area contributed by atoms with Crippen LogP contribution in [0.3, 0.4) is 0 Å². The molecule has 11 rings (SSSR count). The lowest BCUT2D eigenvalue weighted by Crippen LogP contribution is -2.11. The molecule has 0 atom stereocenters. The van der Waals surface area contributed by atoms with Crippen LogP contribution in [0.15, 0.2) is 267 Å². The van der Waals surface area contributed by atoms with Crippen LogP contribution in [0.1, 0.15) is 0 Å². The Labute approximate surface area is 375 Å². The topological polar surface area (TPSA) is 6.48 Å². The molecule has 0 heterocycles. The van der Waals surface area contributed by atoms with Gasteiger partial charge in [-0.1, -0.05) is 206 Å². The molecule has 0 aromatic heterocycles. The van der Waals surface area contributed by atoms with Crippen LogP contribution in [0.4, 0.5) is 34.1 Å². The maximum Gasteiger partial charge on any atom is 0.0546 e. The predicted molar refractivity (Wildman–Crippen MR) is 273 cm³/mol. The first-order valence-electron chi connectivity index (χ1n) is 21.9. The van der Waals surface area contributed by atoms with Crippen molar-refractivity contribution in [2.45, 2.75) is 0 Å². The molecular weight excluding hydrogens is 773 g/mol. The van der Waals surface area contributed by atoms with Gasteiger partial charge in [-0.2, -0.15) is 0 Å². The zero-order valence-corrected chi connectivity index (χ0v) is 35.3. The number of hydrogen-bond acceptors (Lipinski definition) is 2. The van der Waals surface area contributed by atoms with Crippen molar-refractivity contribution < 1.29 is 0 Å². The molecule has 2 heteroatoms. The van der Waals surface area contributed by atoms with Gasteiger partial charge in [0.15, 0.2) is 0 Å². The van der Waals surface area contributed by atoms with E-state index in [2.05, 4.69) is 277 Å². The van der Waals surface area contributed by atoms with Crippen molar-refractivity contribution in [3.05, 3.63) is 267 Å². The average Bonchev–Trinajstić information content (AvgIpc) is 3.38. The molecule has 0 aliphatic rings. The van der Waals surface area contributed by atoms with Gasteiger partial charge >= 0.3 is 0 Å². The molecule has 0 fully saturated rings. The van der Waals surface area contributed by atoms with Crippen molar-refractivity contribution in [2.75, 3.05) is 9.80 Å². The van der Waals surface area contributed by atoms with E-state index in [1.165, 1.54) is 54.9 Å². The Morgan fingerprint density at radius 3 is 1.03 bits per heavy atom. The van der Waals surface area contributed by atoms with E-state index in [-0.39, 0.29) is 0 Å².